The number of nitrogens with zero attached hydrogens (tertiary/aromatic N) is 3. The fourth-order valence-corrected chi connectivity index (χ4v) is 3.62. The molecule has 0 spiro atoms. The summed E-state index contributed by atoms with van der Waals surface area (Å²) in [7, 11) is -3.17. The standard InChI is InChI=1S/C17H28ClN5O2S/c1-3-19-17(20-9-10-21-26(24,25)4-2)23-13-11-22(12-14-23)16-8-6-5-7-15(16)18/h5-8,21H,3-4,9-14H2,1-2H3,(H,19,20). The number of halogens is 1. The molecule has 0 unspecified atom stereocenters. The quantitative estimate of drug-likeness (QED) is 0.410. The van der Waals surface area contributed by atoms with Gasteiger partial charge in [0, 0.05) is 39.3 Å². The lowest BCUT2D eigenvalue weighted by Crippen LogP contribution is -2.52. The number of piperazine rings is 1. The second kappa shape index (κ2) is 9.99. The first-order valence-corrected chi connectivity index (χ1v) is 11.0. The first kappa shape index (κ1) is 20.8. The average molecular weight is 402 g/mol. The van der Waals surface area contributed by atoms with Gasteiger partial charge in [-0.1, -0.05) is 23.7 Å². The molecule has 1 aliphatic heterocycles. The molecule has 0 amide bonds. The molecule has 9 heteroatoms. The van der Waals surface area contributed by atoms with Crippen LogP contribution in [-0.4, -0.2) is 70.8 Å². The molecule has 2 N–H and O–H groups in total. The molecule has 1 fully saturated rings. The third-order valence-electron chi connectivity index (χ3n) is 4.18. The molecule has 0 atom stereocenters. The lowest BCUT2D eigenvalue weighted by atomic mass is 10.2. The Bertz CT molecular complexity index is 703. The smallest absolute Gasteiger partial charge is 0.211 e. The van der Waals surface area contributed by atoms with Gasteiger partial charge in [-0.15, -0.1) is 0 Å². The summed E-state index contributed by atoms with van der Waals surface area (Å²) < 4.78 is 25.5. The molecule has 146 valence electrons. The largest absolute Gasteiger partial charge is 0.367 e. The van der Waals surface area contributed by atoms with E-state index in [4.69, 9.17) is 11.6 Å². The molecule has 1 aromatic rings. The van der Waals surface area contributed by atoms with Crippen LogP contribution in [0.1, 0.15) is 13.8 Å². The van der Waals surface area contributed by atoms with Gasteiger partial charge in [-0.2, -0.15) is 0 Å². The van der Waals surface area contributed by atoms with Crippen molar-refractivity contribution >= 4 is 33.3 Å². The molecule has 0 radical (unpaired) electrons. The zero-order valence-corrected chi connectivity index (χ0v) is 17.0. The summed E-state index contributed by atoms with van der Waals surface area (Å²) in [5.74, 6) is 0.905. The van der Waals surface area contributed by atoms with E-state index < -0.39 is 10.0 Å². The maximum atomic E-state index is 11.5. The van der Waals surface area contributed by atoms with Crippen LogP contribution in [0.2, 0.25) is 5.02 Å². The normalized spacial score (nSPS) is 16.0. The van der Waals surface area contributed by atoms with E-state index in [2.05, 4.69) is 24.8 Å². The number of para-hydroxylation sites is 1. The van der Waals surface area contributed by atoms with Gasteiger partial charge in [-0.05, 0) is 26.0 Å². The van der Waals surface area contributed by atoms with Crippen molar-refractivity contribution in [2.24, 2.45) is 4.99 Å². The molecule has 0 bridgehead atoms. The molecule has 1 saturated heterocycles. The summed E-state index contributed by atoms with van der Waals surface area (Å²) in [6.07, 6.45) is 0. The van der Waals surface area contributed by atoms with Crippen molar-refractivity contribution in [3.05, 3.63) is 29.3 Å². The van der Waals surface area contributed by atoms with Crippen LogP contribution in [0.25, 0.3) is 0 Å². The van der Waals surface area contributed by atoms with Crippen molar-refractivity contribution < 1.29 is 8.42 Å². The molecule has 0 saturated carbocycles. The topological polar surface area (TPSA) is 77.0 Å². The summed E-state index contributed by atoms with van der Waals surface area (Å²) in [6, 6.07) is 7.88. The zero-order chi connectivity index (χ0) is 19.0. The Morgan fingerprint density at radius 2 is 1.88 bits per heavy atom. The third-order valence-corrected chi connectivity index (χ3v) is 5.91. The Balaban J connectivity index is 1.91. The maximum absolute atomic E-state index is 11.5. The number of sulfonamides is 1. The highest BCUT2D eigenvalue weighted by Crippen LogP contribution is 2.25. The van der Waals surface area contributed by atoms with Gasteiger partial charge in [0.15, 0.2) is 5.96 Å². The van der Waals surface area contributed by atoms with Gasteiger partial charge >= 0.3 is 0 Å². The summed E-state index contributed by atoms with van der Waals surface area (Å²) >= 11 is 6.29. The molecular formula is C17H28ClN5O2S. The van der Waals surface area contributed by atoms with Gasteiger partial charge in [0.05, 0.1) is 23.0 Å². The molecular weight excluding hydrogens is 374 g/mol. The zero-order valence-electron chi connectivity index (χ0n) is 15.4. The number of guanidine groups is 1. The number of benzene rings is 1. The minimum atomic E-state index is -3.17. The SMILES string of the molecule is CCNC(=NCCNS(=O)(=O)CC)N1CCN(c2ccccc2Cl)CC1. The van der Waals surface area contributed by atoms with Crippen molar-refractivity contribution in [1.82, 2.24) is 14.9 Å². The molecule has 26 heavy (non-hydrogen) atoms. The van der Waals surface area contributed by atoms with Crippen LogP contribution >= 0.6 is 11.6 Å². The molecule has 1 heterocycles. The van der Waals surface area contributed by atoms with Crippen LogP contribution in [0.3, 0.4) is 0 Å². The molecule has 7 nitrogen and oxygen atoms in total. The Morgan fingerprint density at radius 1 is 1.19 bits per heavy atom. The van der Waals surface area contributed by atoms with Crippen LogP contribution in [0.4, 0.5) is 5.69 Å². The second-order valence-corrected chi connectivity index (χ2v) is 8.46. The van der Waals surface area contributed by atoms with Gasteiger partial charge in [0.25, 0.3) is 0 Å². The average Bonchev–Trinajstić information content (AvgIpc) is 2.65. The van der Waals surface area contributed by atoms with Crippen molar-refractivity contribution in [2.45, 2.75) is 13.8 Å². The van der Waals surface area contributed by atoms with Crippen molar-refractivity contribution in [3.63, 3.8) is 0 Å². The second-order valence-electron chi connectivity index (χ2n) is 5.96. The maximum Gasteiger partial charge on any atom is 0.211 e. The van der Waals surface area contributed by atoms with E-state index in [0.717, 1.165) is 49.4 Å². The number of aliphatic imine (C=N–C) groups is 1. The molecule has 0 aliphatic carbocycles. The van der Waals surface area contributed by atoms with E-state index in [1.165, 1.54) is 0 Å². The van der Waals surface area contributed by atoms with Crippen molar-refractivity contribution in [2.75, 3.05) is 56.5 Å². The van der Waals surface area contributed by atoms with Gasteiger partial charge in [0.1, 0.15) is 0 Å². The molecule has 1 aliphatic rings. The fraction of sp³-hybridized carbons (Fsp3) is 0.588. The van der Waals surface area contributed by atoms with E-state index in [1.54, 1.807) is 6.92 Å². The monoisotopic (exact) mass is 401 g/mol. The van der Waals surface area contributed by atoms with Crippen LogP contribution < -0.4 is 14.9 Å². The Labute approximate surface area is 161 Å². The Morgan fingerprint density at radius 3 is 2.50 bits per heavy atom. The lowest BCUT2D eigenvalue weighted by molar-refractivity contribution is 0.372. The molecule has 1 aromatic carbocycles. The predicted octanol–water partition coefficient (Wildman–Crippen LogP) is 1.37. The van der Waals surface area contributed by atoms with Gasteiger partial charge in [0.2, 0.25) is 10.0 Å². The summed E-state index contributed by atoms with van der Waals surface area (Å²) in [5, 5.41) is 4.05. The van der Waals surface area contributed by atoms with E-state index in [1.807, 2.05) is 31.2 Å². The number of rotatable bonds is 7. The summed E-state index contributed by atoms with van der Waals surface area (Å²) in [6.45, 7) is 8.51. The van der Waals surface area contributed by atoms with Crippen LogP contribution in [0, 0.1) is 0 Å². The van der Waals surface area contributed by atoms with Crippen molar-refractivity contribution in [3.8, 4) is 0 Å². The highest BCUT2D eigenvalue weighted by Gasteiger charge is 2.20. The fourth-order valence-electron chi connectivity index (χ4n) is 2.76. The van der Waals surface area contributed by atoms with Crippen LogP contribution in [0.15, 0.2) is 29.3 Å². The molecule has 2 rings (SSSR count). The number of hydrogen-bond acceptors (Lipinski definition) is 4. The summed E-state index contributed by atoms with van der Waals surface area (Å²) in [5.41, 5.74) is 1.06. The Hall–Kier alpha value is -1.51. The van der Waals surface area contributed by atoms with E-state index >= 15 is 0 Å². The van der Waals surface area contributed by atoms with Gasteiger partial charge in [-0.25, -0.2) is 13.1 Å². The molecule has 0 aromatic heterocycles. The highest BCUT2D eigenvalue weighted by atomic mass is 35.5. The highest BCUT2D eigenvalue weighted by molar-refractivity contribution is 7.89. The lowest BCUT2D eigenvalue weighted by Gasteiger charge is -2.38. The van der Waals surface area contributed by atoms with Gasteiger partial charge < -0.3 is 15.1 Å². The summed E-state index contributed by atoms with van der Waals surface area (Å²) in [4.78, 5) is 9.02. The number of anilines is 1. The van der Waals surface area contributed by atoms with Crippen LogP contribution in [-0.2, 0) is 10.0 Å². The third kappa shape index (κ3) is 6.03. The predicted molar refractivity (Wildman–Crippen MR) is 109 cm³/mol. The minimum absolute atomic E-state index is 0.0841. The first-order chi connectivity index (χ1) is 12.5. The van der Waals surface area contributed by atoms with E-state index in [0.29, 0.717) is 13.1 Å². The van der Waals surface area contributed by atoms with Crippen LogP contribution in [0.5, 0.6) is 0 Å². The minimum Gasteiger partial charge on any atom is -0.367 e. The van der Waals surface area contributed by atoms with E-state index in [9.17, 15) is 8.42 Å². The Kier molecular flexibility index (Phi) is 7.99. The number of nitrogens with one attached hydrogen (secondary N) is 2. The van der Waals surface area contributed by atoms with E-state index in [-0.39, 0.29) is 5.75 Å². The number of hydrogen-bond donors (Lipinski definition) is 2. The van der Waals surface area contributed by atoms with Crippen molar-refractivity contribution in [1.29, 1.82) is 0 Å². The first-order valence-electron chi connectivity index (χ1n) is 8.97. The van der Waals surface area contributed by atoms with Gasteiger partial charge in [-0.3, -0.25) is 4.99 Å².